The Morgan fingerprint density at radius 3 is 1.51 bits per heavy atom. The van der Waals surface area contributed by atoms with Crippen molar-refractivity contribution in [3.8, 4) is 23.7 Å². The summed E-state index contributed by atoms with van der Waals surface area (Å²) >= 11 is 0. The quantitative estimate of drug-likeness (QED) is 0.0496. The highest BCUT2D eigenvalue weighted by Gasteiger charge is 2.57. The van der Waals surface area contributed by atoms with Crippen LogP contribution >= 0.6 is 0 Å². The Hall–Kier alpha value is -4.74. The molecule has 5 nitrogen and oxygen atoms in total. The van der Waals surface area contributed by atoms with Gasteiger partial charge in [-0.15, -0.1) is 5.92 Å². The summed E-state index contributed by atoms with van der Waals surface area (Å²) in [6, 6.07) is 43.7. The maximum Gasteiger partial charge on any atom is 0.306 e. The van der Waals surface area contributed by atoms with E-state index in [0.29, 0.717) is 38.7 Å². The summed E-state index contributed by atoms with van der Waals surface area (Å²) in [5.74, 6) is 12.4. The zero-order valence-electron chi connectivity index (χ0n) is 39.0. The second-order valence-electron chi connectivity index (χ2n) is 18.6. The molecule has 1 N–H and O–H groups in total. The van der Waals surface area contributed by atoms with Gasteiger partial charge in [0.25, 0.3) is 16.6 Å². The summed E-state index contributed by atoms with van der Waals surface area (Å²) in [5, 5.41) is 16.1. The minimum atomic E-state index is -2.96. The van der Waals surface area contributed by atoms with Crippen molar-refractivity contribution in [2.24, 2.45) is 11.8 Å². The van der Waals surface area contributed by atoms with Crippen LogP contribution in [0.5, 0.6) is 0 Å². The third kappa shape index (κ3) is 12.3. The molecule has 4 aromatic rings. The summed E-state index contributed by atoms with van der Waals surface area (Å²) in [7, 11) is -5.87. The maximum absolute atomic E-state index is 11.5. The molecule has 63 heavy (non-hydrogen) atoms. The van der Waals surface area contributed by atoms with Crippen LogP contribution in [0.4, 0.5) is 0 Å². The number of aliphatic hydroxyl groups is 1. The van der Waals surface area contributed by atoms with E-state index in [-0.39, 0.29) is 40.1 Å². The smallest absolute Gasteiger partial charge is 0.306 e. The number of hydrogen-bond donors (Lipinski definition) is 1. The van der Waals surface area contributed by atoms with Crippen LogP contribution in [0.25, 0.3) is 0 Å². The Bertz CT molecular complexity index is 2110. The first-order valence-electron chi connectivity index (χ1n) is 22.9. The van der Waals surface area contributed by atoms with Gasteiger partial charge in [-0.25, -0.2) is 0 Å². The van der Waals surface area contributed by atoms with Gasteiger partial charge in [0, 0.05) is 31.6 Å². The molecule has 0 aliphatic heterocycles. The van der Waals surface area contributed by atoms with Gasteiger partial charge in [-0.05, 0) is 50.1 Å². The topological polar surface area (TPSA) is 65.0 Å². The van der Waals surface area contributed by atoms with Crippen LogP contribution in [0.3, 0.4) is 0 Å². The number of carbonyl (C=O) groups excluding carboxylic acids is 1. The molecule has 1 saturated carbocycles. The predicted molar refractivity (Wildman–Crippen MR) is 266 cm³/mol. The lowest BCUT2D eigenvalue weighted by atomic mass is 9.90. The molecule has 0 saturated heterocycles. The molecule has 0 radical (unpaired) electrons. The fourth-order valence-corrected chi connectivity index (χ4v) is 18.9. The Labute approximate surface area is 381 Å². The molecule has 0 heterocycles. The standard InChI is InChI=1S/C56H70O5Si2/c1-9-50-51(43-42-45(57)32-22-16-14-12-11-13-15-17-31-41-54(58)59-10-2)53(61-63(56(6,7)8,48-37-27-20-28-38-48)49-39-29-21-30-40-49)44-52(50)60-62(55(3,4)5,46-33-23-18-24-34-46)47-35-25-19-26-36-47/h11-12,18-21,23-30,33-40,42-43,45,50-53,57H,9-10,13-14,31-32,41,44H2,1-8H3/b12-11-,43-42+/t45-,50-,51+,52-,53+/m0/s1. The van der Waals surface area contributed by atoms with Crippen molar-refractivity contribution in [3.05, 3.63) is 146 Å². The number of allylic oxidation sites excluding steroid dienone is 2. The maximum atomic E-state index is 11.5. The predicted octanol–water partition coefficient (Wildman–Crippen LogP) is 9.92. The third-order valence-corrected chi connectivity index (χ3v) is 22.4. The summed E-state index contributed by atoms with van der Waals surface area (Å²) in [6.45, 7) is 18.5. The number of carbonyl (C=O) groups is 1. The fraction of sp³-hybridized carbons (Fsp3) is 0.411. The molecule has 5 rings (SSSR count). The normalized spacial score (nSPS) is 18.7. The largest absolute Gasteiger partial charge is 0.466 e. The van der Waals surface area contributed by atoms with E-state index >= 15 is 0 Å². The summed E-state index contributed by atoms with van der Waals surface area (Å²) in [4.78, 5) is 11.5. The summed E-state index contributed by atoms with van der Waals surface area (Å²) in [5.41, 5.74) is 0. The van der Waals surface area contributed by atoms with Crippen molar-refractivity contribution in [1.29, 1.82) is 0 Å². The first-order valence-corrected chi connectivity index (χ1v) is 26.8. The van der Waals surface area contributed by atoms with E-state index in [1.165, 1.54) is 20.7 Å². The van der Waals surface area contributed by atoms with Crippen LogP contribution in [0, 0.1) is 35.5 Å². The molecule has 7 heteroatoms. The number of hydrogen-bond acceptors (Lipinski definition) is 5. The Morgan fingerprint density at radius 2 is 1.10 bits per heavy atom. The van der Waals surface area contributed by atoms with E-state index in [2.05, 4.69) is 200 Å². The summed E-state index contributed by atoms with van der Waals surface area (Å²) in [6.07, 6.45) is 11.2. The number of aliphatic hydroxyl groups excluding tert-OH is 1. The second-order valence-corrected chi connectivity index (χ2v) is 27.1. The molecule has 0 unspecified atom stereocenters. The van der Waals surface area contributed by atoms with Crippen LogP contribution in [0.1, 0.15) is 100 Å². The first-order chi connectivity index (χ1) is 30.3. The molecule has 1 aliphatic carbocycles. The Balaban J connectivity index is 1.49. The van der Waals surface area contributed by atoms with Crippen molar-refractivity contribution >= 4 is 43.4 Å². The molecule has 5 atom stereocenters. The zero-order chi connectivity index (χ0) is 45.4. The highest BCUT2D eigenvalue weighted by molar-refractivity contribution is 7.00. The van der Waals surface area contributed by atoms with Crippen LogP contribution in [-0.2, 0) is 18.4 Å². The van der Waals surface area contributed by atoms with E-state index in [9.17, 15) is 9.90 Å². The van der Waals surface area contributed by atoms with Gasteiger partial charge in [-0.2, -0.15) is 0 Å². The average molecular weight is 879 g/mol. The number of benzene rings is 4. The lowest BCUT2D eigenvalue weighted by Gasteiger charge is -2.46. The molecule has 0 amide bonds. The van der Waals surface area contributed by atoms with Gasteiger partial charge in [-0.1, -0.05) is 218 Å². The molecule has 0 bridgehead atoms. The fourth-order valence-electron chi connectivity index (χ4n) is 9.40. The van der Waals surface area contributed by atoms with Crippen LogP contribution in [-0.4, -0.2) is 52.6 Å². The minimum Gasteiger partial charge on any atom is -0.466 e. The van der Waals surface area contributed by atoms with Gasteiger partial charge in [0.1, 0.15) is 0 Å². The van der Waals surface area contributed by atoms with Gasteiger partial charge in [-0.3, -0.25) is 4.79 Å². The van der Waals surface area contributed by atoms with Crippen molar-refractivity contribution in [1.82, 2.24) is 0 Å². The van der Waals surface area contributed by atoms with E-state index < -0.39 is 22.7 Å². The number of ether oxygens (including phenoxy) is 1. The van der Waals surface area contributed by atoms with Gasteiger partial charge < -0.3 is 18.7 Å². The van der Waals surface area contributed by atoms with Crippen molar-refractivity contribution in [2.75, 3.05) is 6.61 Å². The third-order valence-electron chi connectivity index (χ3n) is 12.3. The van der Waals surface area contributed by atoms with Crippen LogP contribution < -0.4 is 20.7 Å². The van der Waals surface area contributed by atoms with Crippen molar-refractivity contribution < 1.29 is 23.5 Å². The van der Waals surface area contributed by atoms with Crippen LogP contribution in [0.15, 0.2) is 146 Å². The zero-order valence-corrected chi connectivity index (χ0v) is 41.0. The molecular weight excluding hydrogens is 809 g/mol. The molecule has 0 aromatic heterocycles. The van der Waals surface area contributed by atoms with E-state index in [1.807, 2.05) is 18.2 Å². The molecule has 332 valence electrons. The minimum absolute atomic E-state index is 0.0104. The molecule has 1 aliphatic rings. The van der Waals surface area contributed by atoms with E-state index in [0.717, 1.165) is 12.8 Å². The summed E-state index contributed by atoms with van der Waals surface area (Å²) < 4.78 is 21.0. The Kier molecular flexibility index (Phi) is 18.2. The monoisotopic (exact) mass is 878 g/mol. The van der Waals surface area contributed by atoms with Crippen molar-refractivity contribution in [3.63, 3.8) is 0 Å². The van der Waals surface area contributed by atoms with E-state index in [1.54, 1.807) is 6.92 Å². The van der Waals surface area contributed by atoms with Gasteiger partial charge in [0.2, 0.25) is 0 Å². The van der Waals surface area contributed by atoms with Crippen molar-refractivity contribution in [2.45, 2.75) is 129 Å². The second kappa shape index (κ2) is 23.3. The average Bonchev–Trinajstić information content (AvgIpc) is 3.60. The highest BCUT2D eigenvalue weighted by atomic mass is 28.4. The lowest BCUT2D eigenvalue weighted by molar-refractivity contribution is -0.142. The molecule has 1 fully saturated rings. The number of esters is 1. The molecular formula is C56H70O5Si2. The van der Waals surface area contributed by atoms with Gasteiger partial charge in [0.05, 0.1) is 31.3 Å². The van der Waals surface area contributed by atoms with Crippen LogP contribution in [0.2, 0.25) is 10.1 Å². The van der Waals surface area contributed by atoms with Gasteiger partial charge >= 0.3 is 5.97 Å². The SMILES string of the molecule is CCOC(=O)CCC#CC/C=C\CC#CC[C@H](O)/C=C/[C@@H]1[C@H](CC)[C@@H](O[Si](c2ccccc2)(c2ccccc2)C(C)(C)C)C[C@H]1O[Si](c1ccccc1)(c1ccccc1)C(C)(C)C. The van der Waals surface area contributed by atoms with Gasteiger partial charge in [0.15, 0.2) is 0 Å². The molecule has 4 aromatic carbocycles. The van der Waals surface area contributed by atoms with E-state index in [4.69, 9.17) is 13.6 Å². The Morgan fingerprint density at radius 1 is 0.667 bits per heavy atom. The lowest BCUT2D eigenvalue weighted by Crippen LogP contribution is -2.68. The number of rotatable bonds is 17. The molecule has 0 spiro atoms. The highest BCUT2D eigenvalue weighted by Crippen LogP contribution is 2.48. The first kappa shape index (κ1) is 49.3.